The Hall–Kier alpha value is -1.10. The van der Waals surface area contributed by atoms with Gasteiger partial charge in [-0.1, -0.05) is 19.3 Å². The van der Waals surface area contributed by atoms with E-state index in [2.05, 4.69) is 5.32 Å². The van der Waals surface area contributed by atoms with Crippen LogP contribution >= 0.6 is 0 Å². The summed E-state index contributed by atoms with van der Waals surface area (Å²) in [6.45, 7) is 4.44. The lowest BCUT2D eigenvalue weighted by Crippen LogP contribution is -2.60. The van der Waals surface area contributed by atoms with E-state index in [0.717, 1.165) is 32.1 Å². The molecule has 5 nitrogen and oxygen atoms in total. The lowest BCUT2D eigenvalue weighted by atomic mass is 9.80. The molecule has 1 heterocycles. The molecule has 1 saturated heterocycles. The first-order chi connectivity index (χ1) is 9.50. The van der Waals surface area contributed by atoms with Gasteiger partial charge in [0.15, 0.2) is 0 Å². The molecule has 0 aromatic heterocycles. The Labute approximate surface area is 121 Å². The van der Waals surface area contributed by atoms with Gasteiger partial charge in [-0.05, 0) is 26.7 Å². The minimum Gasteiger partial charge on any atom is -0.383 e. The SMILES string of the molecule is COCC(C)N1C(=O)C2(CCCCC2)NC(=O)CC1C. The molecule has 1 N–H and O–H groups in total. The van der Waals surface area contributed by atoms with Crippen LogP contribution in [-0.4, -0.2) is 48.1 Å². The highest BCUT2D eigenvalue weighted by atomic mass is 16.5. The highest BCUT2D eigenvalue weighted by Crippen LogP contribution is 2.33. The van der Waals surface area contributed by atoms with E-state index in [9.17, 15) is 9.59 Å². The van der Waals surface area contributed by atoms with Crippen molar-refractivity contribution in [2.24, 2.45) is 0 Å². The Balaban J connectivity index is 2.29. The smallest absolute Gasteiger partial charge is 0.248 e. The first kappa shape index (κ1) is 15.3. The summed E-state index contributed by atoms with van der Waals surface area (Å²) in [6.07, 6.45) is 5.07. The summed E-state index contributed by atoms with van der Waals surface area (Å²) in [5.41, 5.74) is -0.665. The fraction of sp³-hybridized carbons (Fsp3) is 0.867. The van der Waals surface area contributed by atoms with Gasteiger partial charge in [-0.2, -0.15) is 0 Å². The van der Waals surface area contributed by atoms with Crippen molar-refractivity contribution < 1.29 is 14.3 Å². The van der Waals surface area contributed by atoms with Crippen molar-refractivity contribution in [1.82, 2.24) is 10.2 Å². The fourth-order valence-corrected chi connectivity index (χ4v) is 3.64. The number of hydrogen-bond acceptors (Lipinski definition) is 3. The number of hydrogen-bond donors (Lipinski definition) is 1. The lowest BCUT2D eigenvalue weighted by Gasteiger charge is -2.41. The number of amides is 2. The van der Waals surface area contributed by atoms with Crippen LogP contribution in [-0.2, 0) is 14.3 Å². The summed E-state index contributed by atoms with van der Waals surface area (Å²) < 4.78 is 5.20. The highest BCUT2D eigenvalue weighted by Gasteiger charge is 2.47. The standard InChI is InChI=1S/C15H26N2O3/c1-11-9-13(18)16-15(7-5-4-6-8-15)14(19)17(11)12(2)10-20-3/h11-12H,4-10H2,1-3H3,(H,16,18). The van der Waals surface area contributed by atoms with Crippen molar-refractivity contribution in [3.8, 4) is 0 Å². The molecule has 0 radical (unpaired) electrons. The average Bonchev–Trinajstić information content (AvgIpc) is 2.47. The molecule has 114 valence electrons. The molecule has 2 amide bonds. The molecule has 0 bridgehead atoms. The number of rotatable bonds is 3. The van der Waals surface area contributed by atoms with Crippen LogP contribution in [0.3, 0.4) is 0 Å². The van der Waals surface area contributed by atoms with Gasteiger partial charge < -0.3 is 15.0 Å². The van der Waals surface area contributed by atoms with Gasteiger partial charge in [-0.25, -0.2) is 0 Å². The second-order valence-electron chi connectivity index (χ2n) is 6.26. The molecule has 1 spiro atoms. The van der Waals surface area contributed by atoms with Crippen LogP contribution in [0.1, 0.15) is 52.4 Å². The molecule has 2 rings (SSSR count). The topological polar surface area (TPSA) is 58.6 Å². The molecule has 2 fully saturated rings. The van der Waals surface area contributed by atoms with E-state index in [1.165, 1.54) is 0 Å². The Morgan fingerprint density at radius 1 is 1.35 bits per heavy atom. The van der Waals surface area contributed by atoms with Crippen molar-refractivity contribution in [3.63, 3.8) is 0 Å². The maximum absolute atomic E-state index is 13.1. The average molecular weight is 282 g/mol. The van der Waals surface area contributed by atoms with Gasteiger partial charge in [-0.3, -0.25) is 9.59 Å². The molecule has 0 aromatic carbocycles. The van der Waals surface area contributed by atoms with Gasteiger partial charge >= 0.3 is 0 Å². The highest BCUT2D eigenvalue weighted by molar-refractivity contribution is 5.94. The van der Waals surface area contributed by atoms with Gasteiger partial charge in [-0.15, -0.1) is 0 Å². The van der Waals surface area contributed by atoms with E-state index in [1.54, 1.807) is 7.11 Å². The summed E-state index contributed by atoms with van der Waals surface area (Å²) in [4.78, 5) is 27.0. The number of methoxy groups -OCH3 is 1. The third-order valence-corrected chi connectivity index (χ3v) is 4.57. The molecule has 2 unspecified atom stereocenters. The molecule has 1 aliphatic carbocycles. The third kappa shape index (κ3) is 2.82. The number of carbonyl (C=O) groups is 2. The third-order valence-electron chi connectivity index (χ3n) is 4.57. The van der Waals surface area contributed by atoms with E-state index in [-0.39, 0.29) is 23.9 Å². The number of nitrogens with zero attached hydrogens (tertiary/aromatic N) is 1. The number of ether oxygens (including phenoxy) is 1. The summed E-state index contributed by atoms with van der Waals surface area (Å²) >= 11 is 0. The van der Waals surface area contributed by atoms with Crippen molar-refractivity contribution in [2.45, 2.75) is 70.0 Å². The van der Waals surface area contributed by atoms with Gasteiger partial charge in [0, 0.05) is 19.6 Å². The first-order valence-corrected chi connectivity index (χ1v) is 7.63. The zero-order valence-corrected chi connectivity index (χ0v) is 12.8. The van der Waals surface area contributed by atoms with E-state index in [4.69, 9.17) is 4.74 Å². The minimum absolute atomic E-state index is 0.000123. The summed E-state index contributed by atoms with van der Waals surface area (Å²) in [7, 11) is 1.64. The van der Waals surface area contributed by atoms with Crippen LogP contribution in [0.5, 0.6) is 0 Å². The van der Waals surface area contributed by atoms with E-state index in [0.29, 0.717) is 13.0 Å². The Morgan fingerprint density at radius 3 is 2.60 bits per heavy atom. The molecule has 0 aromatic rings. The van der Waals surface area contributed by atoms with Crippen LogP contribution in [0.2, 0.25) is 0 Å². The predicted molar refractivity (Wildman–Crippen MR) is 76.2 cm³/mol. The predicted octanol–water partition coefficient (Wildman–Crippen LogP) is 1.46. The molecule has 2 atom stereocenters. The maximum atomic E-state index is 13.1. The summed E-state index contributed by atoms with van der Waals surface area (Å²) in [5, 5.41) is 3.03. The van der Waals surface area contributed by atoms with E-state index >= 15 is 0 Å². The fourth-order valence-electron chi connectivity index (χ4n) is 3.64. The molecule has 5 heteroatoms. The maximum Gasteiger partial charge on any atom is 0.248 e. The Kier molecular flexibility index (Phi) is 4.68. The lowest BCUT2D eigenvalue weighted by molar-refractivity contribution is -0.144. The Bertz CT molecular complexity index is 377. The van der Waals surface area contributed by atoms with Gasteiger partial charge in [0.25, 0.3) is 0 Å². The number of carbonyl (C=O) groups excluding carboxylic acids is 2. The van der Waals surface area contributed by atoms with E-state index < -0.39 is 5.54 Å². The monoisotopic (exact) mass is 282 g/mol. The summed E-state index contributed by atoms with van der Waals surface area (Å²) in [6, 6.07) is -0.0806. The molecule has 20 heavy (non-hydrogen) atoms. The minimum atomic E-state index is -0.665. The van der Waals surface area contributed by atoms with Crippen molar-refractivity contribution in [2.75, 3.05) is 13.7 Å². The van der Waals surface area contributed by atoms with Crippen LogP contribution in [0.4, 0.5) is 0 Å². The normalized spacial score (nSPS) is 28.1. The van der Waals surface area contributed by atoms with Gasteiger partial charge in [0.05, 0.1) is 12.6 Å². The molecule has 1 aliphatic heterocycles. The van der Waals surface area contributed by atoms with Crippen LogP contribution in [0.25, 0.3) is 0 Å². The quantitative estimate of drug-likeness (QED) is 0.852. The Morgan fingerprint density at radius 2 is 2.00 bits per heavy atom. The first-order valence-electron chi connectivity index (χ1n) is 7.63. The van der Waals surface area contributed by atoms with Crippen LogP contribution in [0.15, 0.2) is 0 Å². The molecule has 2 aliphatic rings. The van der Waals surface area contributed by atoms with Crippen LogP contribution in [0, 0.1) is 0 Å². The van der Waals surface area contributed by atoms with Crippen molar-refractivity contribution in [1.29, 1.82) is 0 Å². The van der Waals surface area contributed by atoms with Gasteiger partial charge in [0.1, 0.15) is 5.54 Å². The molecular formula is C15H26N2O3. The van der Waals surface area contributed by atoms with E-state index in [1.807, 2.05) is 18.7 Å². The van der Waals surface area contributed by atoms with Gasteiger partial charge in [0.2, 0.25) is 11.8 Å². The second kappa shape index (κ2) is 6.12. The summed E-state index contributed by atoms with van der Waals surface area (Å²) in [5.74, 6) is 0.0833. The second-order valence-corrected chi connectivity index (χ2v) is 6.26. The zero-order valence-electron chi connectivity index (χ0n) is 12.8. The largest absolute Gasteiger partial charge is 0.383 e. The van der Waals surface area contributed by atoms with Crippen LogP contribution < -0.4 is 5.32 Å². The van der Waals surface area contributed by atoms with Crippen molar-refractivity contribution in [3.05, 3.63) is 0 Å². The van der Waals surface area contributed by atoms with Crippen molar-refractivity contribution >= 4 is 11.8 Å². The zero-order chi connectivity index (χ0) is 14.8. The number of nitrogens with one attached hydrogen (secondary N) is 1. The molecule has 1 saturated carbocycles. The molecular weight excluding hydrogens is 256 g/mol.